The summed E-state index contributed by atoms with van der Waals surface area (Å²) >= 11 is 6.07. The fourth-order valence-corrected chi connectivity index (χ4v) is 3.83. The number of hydrogen-bond acceptors (Lipinski definition) is 4. The Balaban J connectivity index is 1.68. The quantitative estimate of drug-likeness (QED) is 0.405. The number of carbonyl (C=O) groups excluding carboxylic acids is 1. The molecule has 0 bridgehead atoms. The number of nitrogens with zero attached hydrogens (tertiary/aromatic N) is 3. The molecule has 1 N–H and O–H groups in total. The van der Waals surface area contributed by atoms with Gasteiger partial charge in [-0.3, -0.25) is 4.79 Å². The number of hydrogen-bond donors (Lipinski definition) is 1. The molecule has 32 heavy (non-hydrogen) atoms. The van der Waals surface area contributed by atoms with Crippen LogP contribution < -0.4 is 10.1 Å². The Morgan fingerprint density at radius 2 is 1.91 bits per heavy atom. The Labute approximate surface area is 192 Å². The molecule has 0 spiro atoms. The summed E-state index contributed by atoms with van der Waals surface area (Å²) in [7, 11) is 0. The monoisotopic (exact) mass is 448 g/mol. The molecule has 2 heterocycles. The summed E-state index contributed by atoms with van der Waals surface area (Å²) in [5, 5.41) is 9.06. The summed E-state index contributed by atoms with van der Waals surface area (Å²) in [6.45, 7) is 8.29. The lowest BCUT2D eigenvalue weighted by atomic mass is 10.0. The number of ether oxygens (including phenoxy) is 1. The van der Waals surface area contributed by atoms with Crippen LogP contribution in [0.25, 0.3) is 22.2 Å². The molecule has 1 amide bonds. The number of aromatic nitrogens is 3. The molecule has 0 radical (unpaired) electrons. The van der Waals surface area contributed by atoms with Crippen LogP contribution in [0.2, 0.25) is 5.02 Å². The molecule has 0 fully saturated rings. The maximum Gasteiger partial charge on any atom is 0.265 e. The standard InChI is InChI=1S/C25H25ClN4O2/c1-5-30-24-23(16(3)29-30)20(18-9-7-6-8-10-18)14-22(28-24)32-17(4)25(31)27-21-13-19(26)12-11-15(21)2/h6-14,17H,5H2,1-4H3,(H,27,31). The first-order valence-corrected chi connectivity index (χ1v) is 10.9. The van der Waals surface area contributed by atoms with Crippen molar-refractivity contribution in [1.82, 2.24) is 14.8 Å². The van der Waals surface area contributed by atoms with E-state index in [2.05, 4.69) is 10.4 Å². The van der Waals surface area contributed by atoms with Crippen LogP contribution >= 0.6 is 11.6 Å². The highest BCUT2D eigenvalue weighted by molar-refractivity contribution is 6.31. The largest absolute Gasteiger partial charge is 0.464 e. The maximum atomic E-state index is 12.8. The van der Waals surface area contributed by atoms with Gasteiger partial charge in [0.1, 0.15) is 0 Å². The van der Waals surface area contributed by atoms with Crippen LogP contribution in [0.15, 0.2) is 54.6 Å². The molecule has 164 valence electrons. The summed E-state index contributed by atoms with van der Waals surface area (Å²) in [5.74, 6) is 0.0927. The van der Waals surface area contributed by atoms with Crippen molar-refractivity contribution in [3.05, 3.63) is 70.9 Å². The third-order valence-electron chi connectivity index (χ3n) is 5.36. The highest BCUT2D eigenvalue weighted by atomic mass is 35.5. The smallest absolute Gasteiger partial charge is 0.265 e. The predicted molar refractivity (Wildman–Crippen MR) is 128 cm³/mol. The van der Waals surface area contributed by atoms with Gasteiger partial charge in [0.15, 0.2) is 11.8 Å². The van der Waals surface area contributed by atoms with Gasteiger partial charge in [-0.25, -0.2) is 4.68 Å². The van der Waals surface area contributed by atoms with E-state index in [-0.39, 0.29) is 5.91 Å². The van der Waals surface area contributed by atoms with E-state index in [0.717, 1.165) is 33.4 Å². The molecule has 0 aliphatic heterocycles. The predicted octanol–water partition coefficient (Wildman–Crippen LogP) is 5.79. The second-order valence-corrected chi connectivity index (χ2v) is 8.12. The molecule has 4 aromatic rings. The molecule has 2 aromatic heterocycles. The molecule has 0 saturated carbocycles. The number of amides is 1. The molecule has 6 nitrogen and oxygen atoms in total. The van der Waals surface area contributed by atoms with Gasteiger partial charge in [0, 0.05) is 23.3 Å². The number of carbonyl (C=O) groups is 1. The zero-order chi connectivity index (χ0) is 22.8. The number of pyridine rings is 1. The Bertz CT molecular complexity index is 1280. The number of benzene rings is 2. The van der Waals surface area contributed by atoms with Crippen molar-refractivity contribution in [3.8, 4) is 17.0 Å². The highest BCUT2D eigenvalue weighted by Gasteiger charge is 2.20. The van der Waals surface area contributed by atoms with Crippen LogP contribution in [0.4, 0.5) is 5.69 Å². The third-order valence-corrected chi connectivity index (χ3v) is 5.60. The van der Waals surface area contributed by atoms with Gasteiger partial charge in [-0.05, 0) is 56.5 Å². The number of nitrogens with one attached hydrogen (secondary N) is 1. The fourth-order valence-electron chi connectivity index (χ4n) is 3.65. The van der Waals surface area contributed by atoms with Crippen LogP contribution in [0.3, 0.4) is 0 Å². The van der Waals surface area contributed by atoms with E-state index in [9.17, 15) is 4.79 Å². The van der Waals surface area contributed by atoms with E-state index in [4.69, 9.17) is 21.3 Å². The van der Waals surface area contributed by atoms with Crippen molar-refractivity contribution in [2.45, 2.75) is 40.3 Å². The summed E-state index contributed by atoms with van der Waals surface area (Å²) in [6.07, 6.45) is -0.763. The van der Waals surface area contributed by atoms with E-state index in [1.165, 1.54) is 0 Å². The second-order valence-electron chi connectivity index (χ2n) is 7.68. The number of anilines is 1. The van der Waals surface area contributed by atoms with Crippen molar-refractivity contribution >= 4 is 34.2 Å². The molecule has 0 saturated heterocycles. The van der Waals surface area contributed by atoms with Gasteiger partial charge in [0.25, 0.3) is 5.91 Å². The van der Waals surface area contributed by atoms with Crippen LogP contribution in [-0.4, -0.2) is 26.8 Å². The lowest BCUT2D eigenvalue weighted by Gasteiger charge is -2.16. The molecule has 1 atom stereocenters. The van der Waals surface area contributed by atoms with E-state index in [1.54, 1.807) is 19.1 Å². The number of halogens is 1. The average molecular weight is 449 g/mol. The van der Waals surface area contributed by atoms with Gasteiger partial charge in [-0.1, -0.05) is 48.0 Å². The first-order chi connectivity index (χ1) is 15.4. The average Bonchev–Trinajstić information content (AvgIpc) is 3.11. The fraction of sp³-hybridized carbons (Fsp3) is 0.240. The topological polar surface area (TPSA) is 69.0 Å². The molecular weight excluding hydrogens is 424 g/mol. The van der Waals surface area contributed by atoms with Crippen molar-refractivity contribution in [1.29, 1.82) is 0 Å². The van der Waals surface area contributed by atoms with E-state index in [0.29, 0.717) is 23.1 Å². The number of fused-ring (bicyclic) bond motifs is 1. The number of aryl methyl sites for hydroxylation is 3. The SMILES string of the molecule is CCn1nc(C)c2c(-c3ccccc3)cc(OC(C)C(=O)Nc3cc(Cl)ccc3C)nc21. The maximum absolute atomic E-state index is 12.8. The van der Waals surface area contributed by atoms with Crippen LogP contribution in [-0.2, 0) is 11.3 Å². The summed E-state index contributed by atoms with van der Waals surface area (Å²) in [6, 6.07) is 17.3. The second kappa shape index (κ2) is 9.01. The lowest BCUT2D eigenvalue weighted by molar-refractivity contribution is -0.122. The molecule has 0 aliphatic rings. The molecule has 7 heteroatoms. The van der Waals surface area contributed by atoms with Gasteiger partial charge in [0.2, 0.25) is 5.88 Å². The van der Waals surface area contributed by atoms with Gasteiger partial charge in [-0.2, -0.15) is 10.1 Å². The normalized spacial score (nSPS) is 12.0. The van der Waals surface area contributed by atoms with Crippen LogP contribution in [0.5, 0.6) is 5.88 Å². The van der Waals surface area contributed by atoms with Gasteiger partial charge >= 0.3 is 0 Å². The third kappa shape index (κ3) is 4.32. The van der Waals surface area contributed by atoms with Crippen LogP contribution in [0.1, 0.15) is 25.1 Å². The minimum atomic E-state index is -0.763. The molecule has 1 unspecified atom stereocenters. The molecule has 0 aliphatic carbocycles. The van der Waals surface area contributed by atoms with Gasteiger partial charge < -0.3 is 10.1 Å². The van der Waals surface area contributed by atoms with Gasteiger partial charge in [-0.15, -0.1) is 0 Å². The van der Waals surface area contributed by atoms with Crippen molar-refractivity contribution < 1.29 is 9.53 Å². The van der Waals surface area contributed by atoms with E-state index >= 15 is 0 Å². The Morgan fingerprint density at radius 1 is 1.16 bits per heavy atom. The zero-order valence-electron chi connectivity index (χ0n) is 18.5. The summed E-state index contributed by atoms with van der Waals surface area (Å²) < 4.78 is 7.85. The lowest BCUT2D eigenvalue weighted by Crippen LogP contribution is -2.30. The number of rotatable bonds is 6. The summed E-state index contributed by atoms with van der Waals surface area (Å²) in [4.78, 5) is 17.5. The van der Waals surface area contributed by atoms with Crippen molar-refractivity contribution in [2.24, 2.45) is 0 Å². The minimum Gasteiger partial charge on any atom is -0.464 e. The molecule has 4 rings (SSSR count). The molecule has 2 aromatic carbocycles. The van der Waals surface area contributed by atoms with Crippen molar-refractivity contribution in [2.75, 3.05) is 5.32 Å². The zero-order valence-corrected chi connectivity index (χ0v) is 19.3. The minimum absolute atomic E-state index is 0.279. The first-order valence-electron chi connectivity index (χ1n) is 10.5. The highest BCUT2D eigenvalue weighted by Crippen LogP contribution is 2.33. The first kappa shape index (κ1) is 21.8. The van der Waals surface area contributed by atoms with Crippen molar-refractivity contribution in [3.63, 3.8) is 0 Å². The van der Waals surface area contributed by atoms with E-state index < -0.39 is 6.10 Å². The van der Waals surface area contributed by atoms with E-state index in [1.807, 2.05) is 67.9 Å². The van der Waals surface area contributed by atoms with Gasteiger partial charge in [0.05, 0.1) is 11.1 Å². The van der Waals surface area contributed by atoms with Crippen LogP contribution in [0, 0.1) is 13.8 Å². The molecular formula is C25H25ClN4O2. The Hall–Kier alpha value is -3.38. The Kier molecular flexibility index (Phi) is 6.15. The summed E-state index contributed by atoms with van der Waals surface area (Å²) in [5.41, 5.74) is 5.23. The Morgan fingerprint density at radius 3 is 2.62 bits per heavy atom.